The Hall–Kier alpha value is 1.48. The van der Waals surface area contributed by atoms with Gasteiger partial charge in [0.05, 0.1) is 0 Å². The van der Waals surface area contributed by atoms with Crippen molar-refractivity contribution in [3.63, 3.8) is 0 Å². The van der Waals surface area contributed by atoms with E-state index < -0.39 is 16.3 Å². The van der Waals surface area contributed by atoms with Gasteiger partial charge in [0.25, 0.3) is 0 Å². The summed E-state index contributed by atoms with van der Waals surface area (Å²) in [4.78, 5) is 0. The summed E-state index contributed by atoms with van der Waals surface area (Å²) in [5.74, 6) is 0. The van der Waals surface area contributed by atoms with Crippen LogP contribution in [0.25, 0.3) is 0 Å². The molecule has 0 bridgehead atoms. The van der Waals surface area contributed by atoms with Gasteiger partial charge in [0.1, 0.15) is 0 Å². The molecule has 0 aliphatic carbocycles. The number of hydrogen-bond donors (Lipinski definition) is 0. The van der Waals surface area contributed by atoms with E-state index >= 15 is 0 Å². The molecule has 0 N–H and O–H groups in total. The molecule has 63 valence electrons. The molecule has 0 radical (unpaired) electrons. The van der Waals surface area contributed by atoms with Crippen LogP contribution in [-0.4, -0.2) is 0 Å². The van der Waals surface area contributed by atoms with E-state index in [1.165, 1.54) is 18.3 Å². The fourth-order valence-electron chi connectivity index (χ4n) is 0. The Labute approximate surface area is 100 Å². The Bertz CT molecular complexity index is 93.8. The molecular weight excluding hydrogens is 396 g/mol. The van der Waals surface area contributed by atoms with Gasteiger partial charge in [-0.15, -0.1) is 34.0 Å². The second kappa shape index (κ2) is 14.0. The Morgan fingerprint density at radius 2 is 1.18 bits per heavy atom. The van der Waals surface area contributed by atoms with Gasteiger partial charge in [-0.1, -0.05) is 0 Å². The Morgan fingerprint density at radius 3 is 1.18 bits per heavy atom. The van der Waals surface area contributed by atoms with Crippen LogP contribution in [0.5, 0.6) is 0 Å². The molecule has 0 aromatic rings. The first kappa shape index (κ1) is 22.9. The van der Waals surface area contributed by atoms with Gasteiger partial charge in [-0.3, -0.25) is 0 Å². The Balaban J connectivity index is -0.0000000437. The maximum atomic E-state index is 10.9. The number of rotatable bonds is 1. The predicted molar refractivity (Wildman–Crippen MR) is 44.4 cm³/mol. The molecule has 0 aliphatic rings. The molecule has 0 aromatic heterocycles. The van der Waals surface area contributed by atoms with Gasteiger partial charge in [0.2, 0.25) is 0 Å². The summed E-state index contributed by atoms with van der Waals surface area (Å²) in [5.41, 5.74) is 0. The molecule has 0 heterocycles. The van der Waals surface area contributed by atoms with E-state index in [1.54, 1.807) is 0 Å². The van der Waals surface area contributed by atoms with Gasteiger partial charge in [-0.05, 0) is 0 Å². The minimum absolute atomic E-state index is 0. The van der Waals surface area contributed by atoms with E-state index in [9.17, 15) is 9.95 Å². The topological polar surface area (TPSA) is 0 Å². The van der Waals surface area contributed by atoms with Crippen molar-refractivity contribution in [3.05, 3.63) is 22.5 Å². The molecule has 0 saturated carbocycles. The first-order valence-electron chi connectivity index (χ1n) is 2.43. The second-order valence-electron chi connectivity index (χ2n) is 1.34. The predicted octanol–water partition coefficient (Wildman–Crippen LogP) is 3.77. The van der Waals surface area contributed by atoms with Gasteiger partial charge >= 0.3 is 67.0 Å². The molecular formula is C4H8Br2F3Zn2. The average molecular weight is 404 g/mol. The van der Waals surface area contributed by atoms with Gasteiger partial charge < -0.3 is 0 Å². The zero-order valence-corrected chi connectivity index (χ0v) is 15.3. The SMILES string of the molecule is Br.Br.C=[CH][Zn].C=[CH][Zn]([F])([F])[F]. The maximum absolute atomic E-state index is 10.9. The molecule has 0 saturated heterocycles. The Morgan fingerprint density at radius 1 is 1.09 bits per heavy atom. The molecule has 0 amide bonds. The van der Waals surface area contributed by atoms with Crippen LogP contribution in [0.2, 0.25) is 0 Å². The molecule has 11 heavy (non-hydrogen) atoms. The van der Waals surface area contributed by atoms with Gasteiger partial charge in [0.15, 0.2) is 0 Å². The van der Waals surface area contributed by atoms with E-state index in [4.69, 9.17) is 0 Å². The third kappa shape index (κ3) is 51.4. The summed E-state index contributed by atoms with van der Waals surface area (Å²) in [7, 11) is 0. The van der Waals surface area contributed by atoms with Crippen molar-refractivity contribution >= 4 is 34.0 Å². The van der Waals surface area contributed by atoms with Gasteiger partial charge in [0, 0.05) is 0 Å². The number of halogens is 5. The van der Waals surface area contributed by atoms with Crippen LogP contribution in [0.3, 0.4) is 0 Å². The van der Waals surface area contributed by atoms with E-state index in [2.05, 4.69) is 13.2 Å². The third-order valence-electron chi connectivity index (χ3n) is 0.327. The van der Waals surface area contributed by atoms with Crippen LogP contribution >= 0.6 is 34.0 Å². The summed E-state index contributed by atoms with van der Waals surface area (Å²) >= 11 is -4.83. The van der Waals surface area contributed by atoms with Crippen LogP contribution in [-0.2, 0) is 34.6 Å². The molecule has 0 atom stereocenters. The number of hydrogen-bond acceptors (Lipinski definition) is 0. The van der Waals surface area contributed by atoms with Crippen molar-refractivity contribution in [2.45, 2.75) is 0 Å². The van der Waals surface area contributed by atoms with Crippen LogP contribution in [0.4, 0.5) is 9.95 Å². The monoisotopic (exact) mass is 399 g/mol. The van der Waals surface area contributed by atoms with E-state index in [0.717, 1.165) is 0 Å². The zero-order valence-electron chi connectivity index (χ0n) is 5.93. The second-order valence-corrected chi connectivity index (χ2v) is 6.98. The van der Waals surface area contributed by atoms with Crippen molar-refractivity contribution in [2.75, 3.05) is 0 Å². The van der Waals surface area contributed by atoms with Crippen molar-refractivity contribution in [2.24, 2.45) is 0 Å². The van der Waals surface area contributed by atoms with Crippen LogP contribution in [0.1, 0.15) is 0 Å². The normalized spacial score (nSPS) is 5.91. The standard InChI is InChI=1S/2C2H3.2BrH.3FH.2Zn/c2*1-2;;;;;;;/h2*1H,2H2;5*1H;;/q;;;;;;;;+3/p-3. The fourth-order valence-corrected chi connectivity index (χ4v) is 0. The molecule has 0 rings (SSSR count). The van der Waals surface area contributed by atoms with Gasteiger partial charge in [-0.2, -0.15) is 0 Å². The minimum atomic E-state index is -6.04. The summed E-state index contributed by atoms with van der Waals surface area (Å²) in [6, 6.07) is 0. The summed E-state index contributed by atoms with van der Waals surface area (Å²) in [5, 5.41) is 0. The van der Waals surface area contributed by atoms with Crippen molar-refractivity contribution in [3.8, 4) is 0 Å². The molecule has 0 unspecified atom stereocenters. The van der Waals surface area contributed by atoms with Crippen LogP contribution in [0.15, 0.2) is 22.5 Å². The van der Waals surface area contributed by atoms with Crippen molar-refractivity contribution in [1.29, 1.82) is 0 Å². The quantitative estimate of drug-likeness (QED) is 0.585. The van der Waals surface area contributed by atoms with Crippen LogP contribution < -0.4 is 0 Å². The summed E-state index contributed by atoms with van der Waals surface area (Å²) in [6.45, 7) is 6.02. The van der Waals surface area contributed by atoms with Crippen molar-refractivity contribution < 1.29 is 44.5 Å². The average Bonchev–Trinajstić information content (AvgIpc) is 1.67. The first-order chi connectivity index (χ1) is 3.97. The van der Waals surface area contributed by atoms with Gasteiger partial charge in [-0.25, -0.2) is 0 Å². The summed E-state index contributed by atoms with van der Waals surface area (Å²) in [6.07, 6.45) is 0. The Kier molecular flexibility index (Phi) is 29.2. The van der Waals surface area contributed by atoms with E-state index in [0.29, 0.717) is 0 Å². The molecule has 7 heteroatoms. The van der Waals surface area contributed by atoms with Crippen molar-refractivity contribution in [1.82, 2.24) is 0 Å². The van der Waals surface area contributed by atoms with E-state index in [1.807, 2.05) is 4.67 Å². The molecule has 0 nitrogen and oxygen atoms in total. The molecule has 0 spiro atoms. The molecule has 0 fully saturated rings. The molecule has 0 aliphatic heterocycles. The third-order valence-corrected chi connectivity index (χ3v) is 1.70. The first-order valence-corrected chi connectivity index (χ1v) is 9.23. The zero-order chi connectivity index (χ0) is 7.91. The van der Waals surface area contributed by atoms with E-state index in [-0.39, 0.29) is 38.6 Å². The molecule has 0 aromatic carbocycles. The van der Waals surface area contributed by atoms with Crippen LogP contribution in [0, 0.1) is 0 Å². The fraction of sp³-hybridized carbons (Fsp3) is 0. The summed E-state index contributed by atoms with van der Waals surface area (Å²) < 4.78 is 34.7.